The maximum atomic E-state index is 11.7. The Morgan fingerprint density at radius 3 is 2.72 bits per heavy atom. The van der Waals surface area contributed by atoms with Gasteiger partial charge in [0.05, 0.1) is 5.02 Å². The Balaban J connectivity index is 2.62. The lowest BCUT2D eigenvalue weighted by atomic mass is 10.1. The number of aromatic nitrogens is 1. The standard InChI is InChI=1S/C11H11Cl2NO4/c1-18-11(17)6-5-3-2-4-14(5)8(7(6)12)9(15)10(13)16/h11,17H,2-4H2,1H3. The van der Waals surface area contributed by atoms with Gasteiger partial charge in [0.15, 0.2) is 6.29 Å². The fourth-order valence-corrected chi connectivity index (χ4v) is 2.74. The van der Waals surface area contributed by atoms with Crippen LogP contribution in [0.4, 0.5) is 0 Å². The van der Waals surface area contributed by atoms with Crippen LogP contribution < -0.4 is 0 Å². The molecule has 0 aromatic carbocycles. The lowest BCUT2D eigenvalue weighted by Crippen LogP contribution is -2.13. The van der Waals surface area contributed by atoms with E-state index in [1.165, 1.54) is 7.11 Å². The van der Waals surface area contributed by atoms with E-state index in [2.05, 4.69) is 0 Å². The molecule has 0 saturated carbocycles. The van der Waals surface area contributed by atoms with Crippen molar-refractivity contribution in [2.24, 2.45) is 0 Å². The van der Waals surface area contributed by atoms with Crippen LogP contribution in [0.2, 0.25) is 5.02 Å². The van der Waals surface area contributed by atoms with Crippen molar-refractivity contribution < 1.29 is 19.4 Å². The third-order valence-corrected chi connectivity index (χ3v) is 3.56. The van der Waals surface area contributed by atoms with E-state index in [0.717, 1.165) is 12.1 Å². The molecule has 0 bridgehead atoms. The van der Waals surface area contributed by atoms with Crippen LogP contribution in [0, 0.1) is 0 Å². The summed E-state index contributed by atoms with van der Waals surface area (Å²) in [5.41, 5.74) is 1.10. The number of halogens is 2. The highest BCUT2D eigenvalue weighted by atomic mass is 35.5. The highest BCUT2D eigenvalue weighted by molar-refractivity contribution is 6.83. The van der Waals surface area contributed by atoms with E-state index < -0.39 is 17.3 Å². The number of hydrogen-bond acceptors (Lipinski definition) is 4. The molecule has 2 heterocycles. The quantitative estimate of drug-likeness (QED) is 0.397. The number of aliphatic hydroxyl groups excluding tert-OH is 1. The molecule has 1 unspecified atom stereocenters. The Morgan fingerprint density at radius 1 is 1.50 bits per heavy atom. The van der Waals surface area contributed by atoms with Crippen LogP contribution in [-0.4, -0.2) is 27.8 Å². The summed E-state index contributed by atoms with van der Waals surface area (Å²) in [7, 11) is 1.33. The van der Waals surface area contributed by atoms with Gasteiger partial charge in [0.2, 0.25) is 0 Å². The zero-order valence-corrected chi connectivity index (χ0v) is 11.1. The van der Waals surface area contributed by atoms with Crippen molar-refractivity contribution in [1.82, 2.24) is 4.57 Å². The van der Waals surface area contributed by atoms with E-state index >= 15 is 0 Å². The van der Waals surface area contributed by atoms with Crippen molar-refractivity contribution in [3.05, 3.63) is 22.0 Å². The number of carbonyl (C=O) groups is 2. The summed E-state index contributed by atoms with van der Waals surface area (Å²) in [4.78, 5) is 22.7. The fourth-order valence-electron chi connectivity index (χ4n) is 2.26. The topological polar surface area (TPSA) is 68.5 Å². The highest BCUT2D eigenvalue weighted by Gasteiger charge is 2.33. The Bertz CT molecular complexity index is 524. The van der Waals surface area contributed by atoms with Gasteiger partial charge < -0.3 is 14.4 Å². The maximum Gasteiger partial charge on any atom is 0.294 e. The van der Waals surface area contributed by atoms with Gasteiger partial charge in [0.1, 0.15) is 5.69 Å². The number of carbonyl (C=O) groups excluding carboxylic acids is 2. The molecule has 98 valence electrons. The van der Waals surface area contributed by atoms with Gasteiger partial charge in [-0.25, -0.2) is 0 Å². The number of fused-ring (bicyclic) bond motifs is 1. The van der Waals surface area contributed by atoms with E-state index in [1.54, 1.807) is 4.57 Å². The lowest BCUT2D eigenvalue weighted by Gasteiger charge is -2.09. The number of aliphatic hydroxyl groups is 1. The molecule has 1 N–H and O–H groups in total. The van der Waals surface area contributed by atoms with Gasteiger partial charge in [-0.2, -0.15) is 0 Å². The van der Waals surface area contributed by atoms with E-state index in [9.17, 15) is 14.7 Å². The second-order valence-electron chi connectivity index (χ2n) is 3.97. The molecule has 18 heavy (non-hydrogen) atoms. The van der Waals surface area contributed by atoms with Gasteiger partial charge in [-0.15, -0.1) is 0 Å². The number of ether oxygens (including phenoxy) is 1. The Hall–Kier alpha value is -0.880. The van der Waals surface area contributed by atoms with Crippen molar-refractivity contribution in [3.63, 3.8) is 0 Å². The molecule has 5 nitrogen and oxygen atoms in total. The molecule has 7 heteroatoms. The molecular formula is C11H11Cl2NO4. The first-order chi connectivity index (χ1) is 8.49. The van der Waals surface area contributed by atoms with Gasteiger partial charge in [-0.1, -0.05) is 11.6 Å². The van der Waals surface area contributed by atoms with Crippen molar-refractivity contribution in [2.45, 2.75) is 25.7 Å². The van der Waals surface area contributed by atoms with E-state index in [4.69, 9.17) is 27.9 Å². The zero-order chi connectivity index (χ0) is 13.4. The largest absolute Gasteiger partial charge is 0.364 e. The maximum absolute atomic E-state index is 11.7. The Morgan fingerprint density at radius 2 is 2.17 bits per heavy atom. The summed E-state index contributed by atoms with van der Waals surface area (Å²) in [6.07, 6.45) is 0.259. The summed E-state index contributed by atoms with van der Waals surface area (Å²) in [5, 5.41) is 8.70. The average Bonchev–Trinajstić information content (AvgIpc) is 2.86. The number of nitrogens with zero attached hydrogens (tertiary/aromatic N) is 1. The van der Waals surface area contributed by atoms with E-state index in [-0.39, 0.29) is 10.7 Å². The van der Waals surface area contributed by atoms with Gasteiger partial charge in [-0.05, 0) is 24.4 Å². The van der Waals surface area contributed by atoms with Crippen LogP contribution >= 0.6 is 23.2 Å². The SMILES string of the molecule is COC(O)c1c(Cl)c(C(=O)C(=O)Cl)n2c1CCC2. The summed E-state index contributed by atoms with van der Waals surface area (Å²) < 4.78 is 6.45. The van der Waals surface area contributed by atoms with Crippen molar-refractivity contribution in [2.75, 3.05) is 7.11 Å². The molecule has 1 aliphatic heterocycles. The molecule has 0 fully saturated rings. The molecule has 1 aromatic heterocycles. The van der Waals surface area contributed by atoms with Crippen molar-refractivity contribution in [1.29, 1.82) is 0 Å². The second kappa shape index (κ2) is 5.01. The van der Waals surface area contributed by atoms with Crippen molar-refractivity contribution in [3.8, 4) is 0 Å². The van der Waals surface area contributed by atoms with Crippen LogP contribution in [0.1, 0.15) is 34.5 Å². The number of ketones is 1. The monoisotopic (exact) mass is 291 g/mol. The lowest BCUT2D eigenvalue weighted by molar-refractivity contribution is -0.108. The molecule has 1 aliphatic rings. The normalized spacial score (nSPS) is 15.6. The molecule has 0 aliphatic carbocycles. The molecule has 2 rings (SSSR count). The van der Waals surface area contributed by atoms with E-state index in [1.807, 2.05) is 0 Å². The number of rotatable bonds is 4. The van der Waals surface area contributed by atoms with E-state index in [0.29, 0.717) is 18.5 Å². The molecule has 0 radical (unpaired) electrons. The van der Waals surface area contributed by atoms with Crippen LogP contribution in [0.5, 0.6) is 0 Å². The summed E-state index contributed by atoms with van der Waals surface area (Å²) in [6, 6.07) is 0. The summed E-state index contributed by atoms with van der Waals surface area (Å²) >= 11 is 11.3. The first-order valence-corrected chi connectivity index (χ1v) is 6.10. The first-order valence-electron chi connectivity index (χ1n) is 5.34. The molecule has 1 atom stereocenters. The third kappa shape index (κ3) is 1.97. The van der Waals surface area contributed by atoms with Gasteiger partial charge in [-0.3, -0.25) is 9.59 Å². The summed E-state index contributed by atoms with van der Waals surface area (Å²) in [6.45, 7) is 0.566. The van der Waals surface area contributed by atoms with Gasteiger partial charge in [0.25, 0.3) is 11.0 Å². The van der Waals surface area contributed by atoms with Crippen LogP contribution in [0.3, 0.4) is 0 Å². The number of hydrogen-bond donors (Lipinski definition) is 1. The fraction of sp³-hybridized carbons (Fsp3) is 0.455. The number of Topliss-reactive ketones (excluding diaryl/α,β-unsaturated/α-hetero) is 1. The molecule has 0 amide bonds. The second-order valence-corrected chi connectivity index (χ2v) is 4.69. The molecule has 1 aromatic rings. The molecule has 0 saturated heterocycles. The number of methoxy groups -OCH3 is 1. The third-order valence-electron chi connectivity index (χ3n) is 3.01. The van der Waals surface area contributed by atoms with Crippen molar-refractivity contribution >= 4 is 34.2 Å². The average molecular weight is 292 g/mol. The predicted molar refractivity (Wildman–Crippen MR) is 64.9 cm³/mol. The zero-order valence-electron chi connectivity index (χ0n) is 9.57. The van der Waals surface area contributed by atoms with Crippen LogP contribution in [0.25, 0.3) is 0 Å². The van der Waals surface area contributed by atoms with Crippen LogP contribution in [-0.2, 0) is 22.5 Å². The predicted octanol–water partition coefficient (Wildman–Crippen LogP) is 1.67. The molecule has 0 spiro atoms. The molecular weight excluding hydrogens is 281 g/mol. The van der Waals surface area contributed by atoms with Gasteiger partial charge >= 0.3 is 0 Å². The minimum atomic E-state index is -1.22. The van der Waals surface area contributed by atoms with Crippen LogP contribution in [0.15, 0.2) is 0 Å². The Kier molecular flexibility index (Phi) is 3.77. The minimum Gasteiger partial charge on any atom is -0.364 e. The Labute approximate surface area is 113 Å². The first kappa shape index (κ1) is 13.5. The highest BCUT2D eigenvalue weighted by Crippen LogP contribution is 2.37. The van der Waals surface area contributed by atoms with Gasteiger partial charge in [0, 0.05) is 24.9 Å². The summed E-state index contributed by atoms with van der Waals surface area (Å²) in [5.74, 6) is -0.862. The minimum absolute atomic E-state index is 0.0373. The smallest absolute Gasteiger partial charge is 0.294 e.